The Bertz CT molecular complexity index is 6430. The lowest BCUT2D eigenvalue weighted by molar-refractivity contribution is -0.191. The van der Waals surface area contributed by atoms with Gasteiger partial charge in [0, 0.05) is 78.6 Å². The standard InChI is InChI=1S/C32H33O4S.C29H29O6S2.C28H27O7S2.C26H25O5S/c1-21-13-28(37(26-9-5-3-6-10-26)27-11-7-4-8-12-27)14-22(2)31(21)35-20-29(33)36-32-17-23-15-24(18-32)30(34)25(16-23)19-32;1-18-13-23(36(21-9-5-3-6-10-21)22-11-7-4-8-12-22)14-19(2)27(18)33-17-26(30)34-28-20-15-24-25(16-20)37(31,32)35-29(24)28;1-17-13-21(36(19-9-5-3-6-10-19)20-11-7-4-8-12-20)14-18(2)25(17)32-16-24(29)34-26-22-15-23-27(33-22)28(26)35-37(23,30)31;1-18-15-22(32(20-9-5-3-6-10-20)21-11-7-4-8-12-21)16-19(2)25(18)30-17-24(27)31-23-13-14-29-26(23)28/h3-14,23-25H,15-20H2,1-2H3;3-14,20,24-25,28-29H,15-17H2,1-2H3;3-14,22-23,26-28H,15-16H2,1-2H3;3-12,15-16,23H,13-14,17H2,1-2H3/q4*+1. The van der Waals surface area contributed by atoms with Crippen LogP contribution in [0.3, 0.4) is 0 Å². The molecule has 13 unspecified atom stereocenters. The lowest BCUT2D eigenvalue weighted by Crippen LogP contribution is -2.57. The van der Waals surface area contributed by atoms with Gasteiger partial charge >= 0.3 is 29.8 Å². The van der Waals surface area contributed by atoms with Crippen molar-refractivity contribution in [3.05, 3.63) is 336 Å². The number of hydrogen-bond acceptors (Lipinski definition) is 22. The van der Waals surface area contributed by atoms with Gasteiger partial charge in [0.05, 0.1) is 61.5 Å². The second-order valence-corrected chi connectivity index (χ2v) is 49.8. The zero-order valence-electron chi connectivity index (χ0n) is 80.6. The molecule has 0 radical (unpaired) electrons. The zero-order chi connectivity index (χ0) is 99.5. The molecule has 0 aromatic heterocycles. The van der Waals surface area contributed by atoms with E-state index >= 15 is 0 Å². The van der Waals surface area contributed by atoms with Gasteiger partial charge in [-0.05, 0) is 254 Å². The molecule has 8 bridgehead atoms. The van der Waals surface area contributed by atoms with Crippen molar-refractivity contribution in [2.75, 3.05) is 33.0 Å². The first kappa shape index (κ1) is 99.8. The van der Waals surface area contributed by atoms with Gasteiger partial charge in [-0.25, -0.2) is 24.0 Å². The number of aryl methyl sites for hydroxylation is 8. The maximum atomic E-state index is 12.9. The van der Waals surface area contributed by atoms with Gasteiger partial charge in [0.15, 0.2) is 91.3 Å². The Kier molecular flexibility index (Phi) is 30.1. The third kappa shape index (κ3) is 21.9. The van der Waals surface area contributed by atoms with Crippen molar-refractivity contribution in [1.82, 2.24) is 0 Å². The van der Waals surface area contributed by atoms with Gasteiger partial charge in [0.2, 0.25) is 6.10 Å². The smallest absolute Gasteiger partial charge is 0.347 e. The minimum atomic E-state index is -3.66. The first-order valence-electron chi connectivity index (χ1n) is 48.4. The van der Waals surface area contributed by atoms with Crippen LogP contribution < -0.4 is 18.9 Å². The Hall–Kier alpha value is -12.0. The fraction of sp³-hybridized carbons (Fsp3) is 0.322. The molecule has 6 saturated carbocycles. The summed E-state index contributed by atoms with van der Waals surface area (Å²) in [5.41, 5.74) is 7.17. The lowest BCUT2D eigenvalue weighted by Gasteiger charge is -2.54. The van der Waals surface area contributed by atoms with E-state index in [2.05, 4.69) is 243 Å². The lowest BCUT2D eigenvalue weighted by atomic mass is 9.53. The Morgan fingerprint density at radius 3 is 0.979 bits per heavy atom. The third-order valence-corrected chi connectivity index (χ3v) is 40.3. The number of carbonyl (C=O) groups excluding carboxylic acids is 6. The van der Waals surface area contributed by atoms with Crippen LogP contribution in [0.2, 0.25) is 0 Å². The number of ketones is 1. The maximum absolute atomic E-state index is 12.9. The van der Waals surface area contributed by atoms with Crippen molar-refractivity contribution in [1.29, 1.82) is 0 Å². The molecule has 0 N–H and O–H groups in total. The monoisotopic (exact) mass is 2040 g/mol. The van der Waals surface area contributed by atoms with Gasteiger partial charge in [0.1, 0.15) is 64.0 Å². The average molecular weight is 2040 g/mol. The van der Waals surface area contributed by atoms with Crippen LogP contribution in [0.5, 0.6) is 23.0 Å². The predicted molar refractivity (Wildman–Crippen MR) is 543 cm³/mol. The fourth-order valence-corrected chi connectivity index (χ4v) is 34.8. The predicted octanol–water partition coefficient (Wildman–Crippen LogP) is 19.9. The van der Waals surface area contributed by atoms with Crippen molar-refractivity contribution in [2.45, 2.75) is 231 Å². The number of hydrogen-bond donors (Lipinski definition) is 0. The number of carbonyl (C=O) groups is 6. The highest BCUT2D eigenvalue weighted by molar-refractivity contribution is 7.98. The molecule has 5 aliphatic heterocycles. The molecule has 738 valence electrons. The second kappa shape index (κ2) is 43.1. The molecule has 11 fully saturated rings. The molecule has 23 rings (SSSR count). The molecular formula is C115H114O22S6+4. The van der Waals surface area contributed by atoms with Gasteiger partial charge in [0.25, 0.3) is 20.2 Å². The Balaban J connectivity index is 0.000000121. The summed E-state index contributed by atoms with van der Waals surface area (Å²) in [7, 11) is -8.28. The number of Topliss-reactive ketones (excluding diaryl/α,β-unsaturated/α-hetero) is 1. The van der Waals surface area contributed by atoms with Gasteiger partial charge in [-0.1, -0.05) is 146 Å². The van der Waals surface area contributed by atoms with E-state index in [1.807, 2.05) is 104 Å². The van der Waals surface area contributed by atoms with Gasteiger partial charge in [-0.3, -0.25) is 13.2 Å². The van der Waals surface area contributed by atoms with Crippen molar-refractivity contribution in [2.24, 2.45) is 29.6 Å². The number of cyclic esters (lactones) is 1. The molecule has 6 aliphatic carbocycles. The van der Waals surface area contributed by atoms with Crippen LogP contribution in [-0.4, -0.2) is 144 Å². The van der Waals surface area contributed by atoms with Crippen LogP contribution in [0, 0.1) is 85.0 Å². The van der Waals surface area contributed by atoms with Gasteiger partial charge in [-0.15, -0.1) is 0 Å². The minimum absolute atomic E-state index is 0.0397. The SMILES string of the molecule is Cc1cc([S+](c2ccccc2)c2ccccc2)cc(C)c1OCC(=O)OC12CC3CC(C1)C(=O)C(C3)C2.Cc1cc([S+](c2ccccc2)c2ccccc2)cc(C)c1OCC(=O)OC1C2CC3C(O2)C1OS3(=O)=O.Cc1cc([S+](c2ccccc2)c2ccccc2)cc(C)c1OCC(=O)OC1C2CC3C1OS(=O)(=O)C3C2.Cc1cc([S+](c2ccccc2)c2ccccc2)cc(C)c1OCC(=O)OC1CCOC1=O. The molecule has 143 heavy (non-hydrogen) atoms. The summed E-state index contributed by atoms with van der Waals surface area (Å²) in [6.07, 6.45) is 1.73. The summed E-state index contributed by atoms with van der Waals surface area (Å²) in [5, 5.41) is -1.09. The summed E-state index contributed by atoms with van der Waals surface area (Å²) < 4.78 is 116. The normalized spacial score (nSPS) is 24.1. The average Bonchev–Trinajstić information content (AvgIpc) is 1.61. The molecule has 12 aromatic carbocycles. The quantitative estimate of drug-likeness (QED) is 0.0191. The van der Waals surface area contributed by atoms with E-state index in [1.54, 1.807) is 0 Å². The van der Waals surface area contributed by atoms with Crippen molar-refractivity contribution >= 4 is 99.4 Å². The molecule has 0 spiro atoms. The van der Waals surface area contributed by atoms with Crippen LogP contribution in [0.4, 0.5) is 0 Å². The highest BCUT2D eigenvalue weighted by Crippen LogP contribution is 2.58. The van der Waals surface area contributed by atoms with Crippen LogP contribution in [0.1, 0.15) is 102 Å². The molecule has 28 heteroatoms. The Morgan fingerprint density at radius 1 is 0.343 bits per heavy atom. The summed E-state index contributed by atoms with van der Waals surface area (Å²) >= 11 is 0. The van der Waals surface area contributed by atoms with Crippen molar-refractivity contribution < 1.29 is 101 Å². The highest BCUT2D eigenvalue weighted by atomic mass is 32.2. The minimum Gasteiger partial charge on any atom is -0.481 e. The first-order chi connectivity index (χ1) is 69.1. The van der Waals surface area contributed by atoms with Crippen LogP contribution in [0.15, 0.2) is 350 Å². The van der Waals surface area contributed by atoms with E-state index in [4.69, 9.17) is 55.7 Å². The number of esters is 5. The van der Waals surface area contributed by atoms with E-state index in [-0.39, 0.29) is 113 Å². The van der Waals surface area contributed by atoms with E-state index in [9.17, 15) is 45.6 Å². The van der Waals surface area contributed by atoms with Gasteiger partial charge in [-0.2, -0.15) is 16.8 Å². The molecule has 5 heterocycles. The number of ether oxygens (including phenoxy) is 10. The number of rotatable bonds is 28. The summed E-state index contributed by atoms with van der Waals surface area (Å²) in [4.78, 5) is 89.0. The van der Waals surface area contributed by atoms with E-state index in [1.165, 1.54) is 53.9 Å². The Labute approximate surface area is 846 Å². The van der Waals surface area contributed by atoms with E-state index < -0.39 is 103 Å². The zero-order valence-corrected chi connectivity index (χ0v) is 85.5. The number of benzene rings is 12. The fourth-order valence-electron chi connectivity index (χ4n) is 22.3. The largest absolute Gasteiger partial charge is 0.481 e. The maximum Gasteiger partial charge on any atom is 0.347 e. The van der Waals surface area contributed by atoms with Gasteiger partial charge < -0.3 is 47.4 Å². The highest BCUT2D eigenvalue weighted by Gasteiger charge is 2.68. The molecule has 12 aromatic rings. The molecular weight excluding hydrogens is 1930 g/mol. The summed E-state index contributed by atoms with van der Waals surface area (Å²) in [6.45, 7) is 15.3. The molecule has 0 amide bonds. The Morgan fingerprint density at radius 2 is 0.650 bits per heavy atom. The van der Waals surface area contributed by atoms with E-state index in [0.29, 0.717) is 54.6 Å². The molecule has 11 aliphatic rings. The summed E-state index contributed by atoms with van der Waals surface area (Å²) in [6, 6.07) is 101. The second-order valence-electron chi connectivity index (χ2n) is 38.1. The van der Waals surface area contributed by atoms with Crippen molar-refractivity contribution in [3.63, 3.8) is 0 Å². The van der Waals surface area contributed by atoms with Crippen LogP contribution >= 0.6 is 0 Å². The molecule has 13 atom stereocenters. The van der Waals surface area contributed by atoms with Crippen LogP contribution in [0.25, 0.3) is 0 Å². The van der Waals surface area contributed by atoms with E-state index in [0.717, 1.165) is 80.8 Å². The number of fused-ring (bicyclic) bond motifs is 2. The van der Waals surface area contributed by atoms with Crippen molar-refractivity contribution in [3.8, 4) is 23.0 Å². The third-order valence-electron chi connectivity index (χ3n) is 28.0. The first-order valence-corrected chi connectivity index (χ1v) is 56.2. The van der Waals surface area contributed by atoms with Crippen LogP contribution in [-0.2, 0) is 129 Å². The topological polar surface area (TPSA) is 281 Å². The molecule has 22 nitrogen and oxygen atoms in total. The molecule has 5 saturated heterocycles. The summed E-state index contributed by atoms with van der Waals surface area (Å²) in [5.74, 6) is 1.27.